The first-order valence-electron chi connectivity index (χ1n) is 6.38. The molecule has 0 bridgehead atoms. The van der Waals surface area contributed by atoms with Crippen molar-refractivity contribution < 1.29 is 18.3 Å². The van der Waals surface area contributed by atoms with Gasteiger partial charge in [-0.1, -0.05) is 6.07 Å². The van der Waals surface area contributed by atoms with Crippen molar-refractivity contribution in [1.82, 2.24) is 9.97 Å². The van der Waals surface area contributed by atoms with E-state index in [4.69, 9.17) is 0 Å². The van der Waals surface area contributed by atoms with Crippen LogP contribution in [0, 0.1) is 0 Å². The molecule has 0 saturated carbocycles. The van der Waals surface area contributed by atoms with Crippen LogP contribution in [-0.2, 0) is 9.84 Å². The van der Waals surface area contributed by atoms with E-state index in [1.807, 2.05) is 0 Å². The maximum atomic E-state index is 11.5. The average molecular weight is 306 g/mol. The molecule has 1 fully saturated rings. The van der Waals surface area contributed by atoms with E-state index in [-0.39, 0.29) is 23.1 Å². The molecule has 8 heteroatoms. The number of nitrogens with one attached hydrogen (secondary N) is 1. The molecular formula is C13H12N3O4S-. The summed E-state index contributed by atoms with van der Waals surface area (Å²) in [6.45, 7) is 0. The second-order valence-electron chi connectivity index (χ2n) is 4.99. The standard InChI is InChI=1S/C13H13N3O4S/c17-13(18)8-1-2-10-11(5-8)14-7-15-12(10)16-9-3-4-21(19,20)6-9/h1-2,5,7,9H,3-4,6H2,(H,17,18)(H,14,15,16)/p-1/t9-/m0/s1. The summed E-state index contributed by atoms with van der Waals surface area (Å²) in [5.74, 6) is -0.517. The fraction of sp³-hybridized carbons (Fsp3) is 0.308. The molecule has 1 saturated heterocycles. The number of fused-ring (bicyclic) bond motifs is 1. The highest BCUT2D eigenvalue weighted by Gasteiger charge is 2.28. The molecule has 1 aromatic carbocycles. The summed E-state index contributed by atoms with van der Waals surface area (Å²) in [6, 6.07) is 4.22. The van der Waals surface area contributed by atoms with Crippen molar-refractivity contribution in [3.8, 4) is 0 Å². The van der Waals surface area contributed by atoms with E-state index >= 15 is 0 Å². The normalized spacial score (nSPS) is 20.5. The molecule has 0 unspecified atom stereocenters. The minimum atomic E-state index is -2.98. The minimum absolute atomic E-state index is 0.0376. The van der Waals surface area contributed by atoms with Crippen LogP contribution in [0.2, 0.25) is 0 Å². The van der Waals surface area contributed by atoms with Gasteiger partial charge in [0, 0.05) is 11.4 Å². The number of carboxylic acids is 1. The van der Waals surface area contributed by atoms with Gasteiger partial charge < -0.3 is 15.2 Å². The van der Waals surface area contributed by atoms with Crippen molar-refractivity contribution in [2.45, 2.75) is 12.5 Å². The van der Waals surface area contributed by atoms with Gasteiger partial charge in [0.2, 0.25) is 0 Å². The molecule has 1 atom stereocenters. The molecule has 1 aliphatic rings. The minimum Gasteiger partial charge on any atom is -0.545 e. The monoisotopic (exact) mass is 306 g/mol. The lowest BCUT2D eigenvalue weighted by Gasteiger charge is -2.13. The van der Waals surface area contributed by atoms with Crippen LogP contribution < -0.4 is 10.4 Å². The third kappa shape index (κ3) is 2.80. The smallest absolute Gasteiger partial charge is 0.152 e. The van der Waals surface area contributed by atoms with E-state index in [0.29, 0.717) is 23.1 Å². The molecular weight excluding hydrogens is 294 g/mol. The highest BCUT2D eigenvalue weighted by molar-refractivity contribution is 7.91. The van der Waals surface area contributed by atoms with E-state index in [2.05, 4.69) is 15.3 Å². The zero-order valence-corrected chi connectivity index (χ0v) is 11.8. The highest BCUT2D eigenvalue weighted by Crippen LogP contribution is 2.23. The Morgan fingerprint density at radius 3 is 2.81 bits per heavy atom. The van der Waals surface area contributed by atoms with E-state index in [9.17, 15) is 18.3 Å². The molecule has 3 rings (SSSR count). The van der Waals surface area contributed by atoms with Crippen LogP contribution in [0.3, 0.4) is 0 Å². The lowest BCUT2D eigenvalue weighted by atomic mass is 10.1. The Hall–Kier alpha value is -2.22. The Balaban J connectivity index is 1.94. The highest BCUT2D eigenvalue weighted by atomic mass is 32.2. The SMILES string of the molecule is O=C([O-])c1ccc2c(N[C@H]3CCS(=O)(=O)C3)ncnc2c1. The number of carboxylic acid groups (broad SMARTS) is 1. The molecule has 0 amide bonds. The number of hydrogen-bond acceptors (Lipinski definition) is 7. The fourth-order valence-electron chi connectivity index (χ4n) is 2.40. The molecule has 0 spiro atoms. The van der Waals surface area contributed by atoms with Crippen LogP contribution in [0.4, 0.5) is 5.82 Å². The molecule has 2 aromatic rings. The Morgan fingerprint density at radius 1 is 1.33 bits per heavy atom. The molecule has 1 aromatic heterocycles. The van der Waals surface area contributed by atoms with Gasteiger partial charge in [0.05, 0.1) is 23.0 Å². The lowest BCUT2D eigenvalue weighted by molar-refractivity contribution is -0.255. The Morgan fingerprint density at radius 2 is 2.14 bits per heavy atom. The maximum Gasteiger partial charge on any atom is 0.152 e. The Labute approximate surface area is 121 Å². The van der Waals surface area contributed by atoms with Gasteiger partial charge in [-0.3, -0.25) is 0 Å². The molecule has 21 heavy (non-hydrogen) atoms. The molecule has 0 radical (unpaired) electrons. The van der Waals surface area contributed by atoms with Crippen LogP contribution in [-0.4, -0.2) is 41.9 Å². The van der Waals surface area contributed by atoms with E-state index in [0.717, 1.165) is 0 Å². The van der Waals surface area contributed by atoms with Crippen molar-refractivity contribution >= 4 is 32.5 Å². The third-order valence-corrected chi connectivity index (χ3v) is 5.21. The fourth-order valence-corrected chi connectivity index (χ4v) is 4.07. The zero-order valence-electron chi connectivity index (χ0n) is 10.9. The van der Waals surface area contributed by atoms with E-state index in [1.54, 1.807) is 6.07 Å². The van der Waals surface area contributed by atoms with Crippen LogP contribution in [0.5, 0.6) is 0 Å². The number of carbonyl (C=O) groups is 1. The summed E-state index contributed by atoms with van der Waals surface area (Å²) in [7, 11) is -2.98. The Bertz CT molecular complexity index is 819. The summed E-state index contributed by atoms with van der Waals surface area (Å²) in [5, 5.41) is 14.6. The van der Waals surface area contributed by atoms with E-state index in [1.165, 1.54) is 18.5 Å². The molecule has 110 valence electrons. The summed E-state index contributed by atoms with van der Waals surface area (Å²) in [6.07, 6.45) is 1.85. The first kappa shape index (κ1) is 13.7. The quantitative estimate of drug-likeness (QED) is 0.820. The number of sulfone groups is 1. The average Bonchev–Trinajstić information content (AvgIpc) is 2.77. The van der Waals surface area contributed by atoms with Gasteiger partial charge in [-0.05, 0) is 24.1 Å². The predicted octanol–water partition coefficient (Wildman–Crippen LogP) is -0.408. The second-order valence-corrected chi connectivity index (χ2v) is 7.21. The van der Waals surface area contributed by atoms with Crippen molar-refractivity contribution in [3.63, 3.8) is 0 Å². The first-order chi connectivity index (χ1) is 9.94. The summed E-state index contributed by atoms with van der Waals surface area (Å²) < 4.78 is 22.9. The summed E-state index contributed by atoms with van der Waals surface area (Å²) in [5.41, 5.74) is 0.505. The maximum absolute atomic E-state index is 11.5. The van der Waals surface area contributed by atoms with Crippen LogP contribution in [0.1, 0.15) is 16.8 Å². The molecule has 2 heterocycles. The van der Waals surface area contributed by atoms with E-state index < -0.39 is 15.8 Å². The Kier molecular flexibility index (Phi) is 3.25. The van der Waals surface area contributed by atoms with Gasteiger partial charge in [0.25, 0.3) is 0 Å². The number of rotatable bonds is 3. The van der Waals surface area contributed by atoms with Gasteiger partial charge in [0.15, 0.2) is 9.84 Å². The largest absolute Gasteiger partial charge is 0.545 e. The van der Waals surface area contributed by atoms with Crippen LogP contribution in [0.25, 0.3) is 10.9 Å². The van der Waals surface area contributed by atoms with Gasteiger partial charge in [-0.2, -0.15) is 0 Å². The van der Waals surface area contributed by atoms with Crippen LogP contribution >= 0.6 is 0 Å². The third-order valence-electron chi connectivity index (χ3n) is 3.45. The summed E-state index contributed by atoms with van der Waals surface area (Å²) >= 11 is 0. The molecule has 0 aliphatic carbocycles. The van der Waals surface area contributed by atoms with Gasteiger partial charge in [0.1, 0.15) is 12.1 Å². The van der Waals surface area contributed by atoms with Gasteiger partial charge >= 0.3 is 0 Å². The lowest BCUT2D eigenvalue weighted by Crippen LogP contribution is -2.22. The van der Waals surface area contributed by atoms with Crippen molar-refractivity contribution in [1.29, 1.82) is 0 Å². The van der Waals surface area contributed by atoms with Crippen molar-refractivity contribution in [3.05, 3.63) is 30.1 Å². The van der Waals surface area contributed by atoms with Crippen molar-refractivity contribution in [2.24, 2.45) is 0 Å². The number of benzene rings is 1. The zero-order chi connectivity index (χ0) is 15.0. The molecule has 1 N–H and O–H groups in total. The van der Waals surface area contributed by atoms with Gasteiger partial charge in [-0.15, -0.1) is 0 Å². The number of aromatic carboxylic acids is 1. The van der Waals surface area contributed by atoms with Gasteiger partial charge in [-0.25, -0.2) is 18.4 Å². The number of carbonyl (C=O) groups excluding carboxylic acids is 1. The van der Waals surface area contributed by atoms with Crippen molar-refractivity contribution in [2.75, 3.05) is 16.8 Å². The van der Waals surface area contributed by atoms with Crippen LogP contribution in [0.15, 0.2) is 24.5 Å². The predicted molar refractivity (Wildman–Crippen MR) is 74.6 cm³/mol. The summed E-state index contributed by atoms with van der Waals surface area (Å²) in [4.78, 5) is 19.0. The number of hydrogen-bond donors (Lipinski definition) is 1. The number of aromatic nitrogens is 2. The molecule has 1 aliphatic heterocycles. The second kappa shape index (κ2) is 4.96. The first-order valence-corrected chi connectivity index (χ1v) is 8.20. The number of anilines is 1. The number of nitrogens with zero attached hydrogens (tertiary/aromatic N) is 2. The topological polar surface area (TPSA) is 112 Å². The molecule has 7 nitrogen and oxygen atoms in total.